The van der Waals surface area contributed by atoms with Crippen molar-refractivity contribution < 1.29 is 37.0 Å². The Morgan fingerprint density at radius 2 is 1.10 bits per heavy atom. The molecule has 0 N–H and O–H groups in total. The summed E-state index contributed by atoms with van der Waals surface area (Å²) in [6.45, 7) is 15.4. The van der Waals surface area contributed by atoms with Gasteiger partial charge in [0.25, 0.3) is 0 Å². The minimum atomic E-state index is -0.417. The molecular weight excluding hydrogens is 288 g/mol. The van der Waals surface area contributed by atoms with Crippen LogP contribution in [0.3, 0.4) is 0 Å². The summed E-state index contributed by atoms with van der Waals surface area (Å²) in [6, 6.07) is 0. The standard InChI is InChI=1S/C7H13.3C3H7O.Ti/c1-3-5-7-6-4-2;3*1-3(2)4;/h4,6H,1,3,5,7H2,2H3;3*3H,1-2H3;/q4*-1;+4/b6-4+;;;;. The van der Waals surface area contributed by atoms with E-state index in [2.05, 4.69) is 19.1 Å². The zero-order valence-electron chi connectivity index (χ0n) is 14.4. The summed E-state index contributed by atoms with van der Waals surface area (Å²) < 4.78 is 0. The second-order valence-electron chi connectivity index (χ2n) is 4.71. The van der Waals surface area contributed by atoms with Crippen LogP contribution in [0.25, 0.3) is 0 Å². The quantitative estimate of drug-likeness (QED) is 0.344. The largest absolute Gasteiger partial charge is 4.00 e. The molecule has 0 bridgehead atoms. The van der Waals surface area contributed by atoms with Crippen molar-refractivity contribution in [1.29, 1.82) is 0 Å². The summed E-state index contributed by atoms with van der Waals surface area (Å²) >= 11 is 0. The fourth-order valence-corrected chi connectivity index (χ4v) is 0.429. The molecule has 0 radical (unpaired) electrons. The normalized spacial score (nSPS) is 9.10. The van der Waals surface area contributed by atoms with E-state index in [1.807, 2.05) is 6.92 Å². The van der Waals surface area contributed by atoms with Crippen LogP contribution in [0, 0.1) is 6.92 Å². The molecule has 0 aliphatic rings. The van der Waals surface area contributed by atoms with E-state index in [4.69, 9.17) is 0 Å². The van der Waals surface area contributed by atoms with Crippen molar-refractivity contribution in [2.45, 2.75) is 86.0 Å². The first kappa shape index (κ1) is 32.3. The van der Waals surface area contributed by atoms with Crippen LogP contribution < -0.4 is 15.3 Å². The van der Waals surface area contributed by atoms with Crippen LogP contribution in [0.15, 0.2) is 12.2 Å². The number of rotatable bonds is 3. The SMILES string of the molecule is CC(C)[O-].CC(C)[O-].CC(C)[O-].[CH2-]CCC/C=C/C.[Ti+4]. The van der Waals surface area contributed by atoms with E-state index < -0.39 is 18.3 Å². The molecule has 4 heteroatoms. The Kier molecular flexibility index (Phi) is 51.1. The molecule has 20 heavy (non-hydrogen) atoms. The fraction of sp³-hybridized carbons (Fsp3) is 0.812. The summed E-state index contributed by atoms with van der Waals surface area (Å²) in [5.41, 5.74) is 0. The minimum absolute atomic E-state index is 0. The molecule has 0 saturated carbocycles. The summed E-state index contributed by atoms with van der Waals surface area (Å²) in [5.74, 6) is 0. The molecule has 0 heterocycles. The Balaban J connectivity index is -0.0000000512. The maximum absolute atomic E-state index is 9.53. The van der Waals surface area contributed by atoms with E-state index in [1.165, 1.54) is 12.8 Å². The van der Waals surface area contributed by atoms with Crippen LogP contribution >= 0.6 is 0 Å². The first-order valence-corrected chi connectivity index (χ1v) is 6.99. The molecule has 0 aliphatic heterocycles. The maximum Gasteiger partial charge on any atom is 4.00 e. The van der Waals surface area contributed by atoms with Gasteiger partial charge in [0.05, 0.1) is 0 Å². The Hall–Kier alpha value is 0.334. The van der Waals surface area contributed by atoms with Crippen molar-refractivity contribution in [3.63, 3.8) is 0 Å². The van der Waals surface area contributed by atoms with E-state index in [-0.39, 0.29) is 21.7 Å². The van der Waals surface area contributed by atoms with Crippen molar-refractivity contribution in [3.8, 4) is 0 Å². The Morgan fingerprint density at radius 1 is 0.850 bits per heavy atom. The molecule has 0 aromatic heterocycles. The zero-order valence-corrected chi connectivity index (χ0v) is 16.0. The summed E-state index contributed by atoms with van der Waals surface area (Å²) in [5, 5.41) is 28.6. The third-order valence-electron chi connectivity index (χ3n) is 0.856. The van der Waals surface area contributed by atoms with Gasteiger partial charge in [-0.15, -0.1) is 18.3 Å². The van der Waals surface area contributed by atoms with Gasteiger partial charge in [0.15, 0.2) is 0 Å². The van der Waals surface area contributed by atoms with Gasteiger partial charge in [-0.05, 0) is 13.3 Å². The van der Waals surface area contributed by atoms with Gasteiger partial charge < -0.3 is 22.2 Å². The number of allylic oxidation sites excluding steroid dienone is 2. The van der Waals surface area contributed by atoms with Crippen LogP contribution in [-0.4, -0.2) is 18.3 Å². The van der Waals surface area contributed by atoms with Crippen molar-refractivity contribution in [3.05, 3.63) is 19.1 Å². The van der Waals surface area contributed by atoms with Gasteiger partial charge in [-0.25, -0.2) is 0 Å². The Bertz CT molecular complexity index is 124. The molecule has 0 atom stereocenters. The van der Waals surface area contributed by atoms with E-state index in [0.29, 0.717) is 0 Å². The predicted octanol–water partition coefficient (Wildman–Crippen LogP) is 1.83. The van der Waals surface area contributed by atoms with Gasteiger partial charge in [0.2, 0.25) is 0 Å². The summed E-state index contributed by atoms with van der Waals surface area (Å²) in [7, 11) is 0. The fourth-order valence-electron chi connectivity index (χ4n) is 0.429. The van der Waals surface area contributed by atoms with Crippen LogP contribution in [-0.2, 0) is 21.7 Å². The second-order valence-corrected chi connectivity index (χ2v) is 4.71. The number of hydrogen-bond acceptors (Lipinski definition) is 3. The molecule has 3 nitrogen and oxygen atoms in total. The molecule has 0 saturated heterocycles. The molecule has 0 aromatic rings. The number of hydrogen-bond donors (Lipinski definition) is 0. The zero-order chi connectivity index (χ0) is 16.3. The average molecular weight is 322 g/mol. The minimum Gasteiger partial charge on any atom is -0.852 e. The molecular formula is C16H34O3Ti. The molecule has 0 rings (SSSR count). The monoisotopic (exact) mass is 322 g/mol. The molecule has 120 valence electrons. The van der Waals surface area contributed by atoms with Gasteiger partial charge in [0.1, 0.15) is 0 Å². The maximum atomic E-state index is 9.53. The van der Waals surface area contributed by atoms with E-state index in [1.54, 1.807) is 41.5 Å². The molecule has 0 spiro atoms. The van der Waals surface area contributed by atoms with Crippen molar-refractivity contribution >= 4 is 0 Å². The van der Waals surface area contributed by atoms with E-state index in [9.17, 15) is 15.3 Å². The van der Waals surface area contributed by atoms with Crippen molar-refractivity contribution in [2.24, 2.45) is 0 Å². The van der Waals surface area contributed by atoms with Gasteiger partial charge in [0, 0.05) is 0 Å². The average Bonchev–Trinajstić information content (AvgIpc) is 2.15. The first-order valence-electron chi connectivity index (χ1n) is 6.99. The third-order valence-corrected chi connectivity index (χ3v) is 0.856. The molecule has 0 unspecified atom stereocenters. The van der Waals surface area contributed by atoms with Crippen molar-refractivity contribution in [1.82, 2.24) is 0 Å². The molecule has 0 aromatic carbocycles. The second kappa shape index (κ2) is 31.6. The molecule has 0 amide bonds. The third kappa shape index (κ3) is 293. The van der Waals surface area contributed by atoms with Crippen molar-refractivity contribution in [2.75, 3.05) is 0 Å². The first-order chi connectivity index (χ1) is 8.61. The summed E-state index contributed by atoms with van der Waals surface area (Å²) in [6.07, 6.45) is 6.48. The van der Waals surface area contributed by atoms with Crippen LogP contribution in [0.2, 0.25) is 0 Å². The summed E-state index contributed by atoms with van der Waals surface area (Å²) in [4.78, 5) is 0. The number of unbranched alkanes of at least 4 members (excludes halogenated alkanes) is 2. The van der Waals surface area contributed by atoms with Crippen LogP contribution in [0.5, 0.6) is 0 Å². The van der Waals surface area contributed by atoms with Crippen LogP contribution in [0.4, 0.5) is 0 Å². The smallest absolute Gasteiger partial charge is 0.852 e. The van der Waals surface area contributed by atoms with E-state index >= 15 is 0 Å². The Labute approximate surface area is 142 Å². The predicted molar refractivity (Wildman–Crippen MR) is 79.4 cm³/mol. The Morgan fingerprint density at radius 3 is 1.25 bits per heavy atom. The van der Waals surface area contributed by atoms with Gasteiger partial charge in [-0.1, -0.05) is 60.1 Å². The van der Waals surface area contributed by atoms with Crippen LogP contribution in [0.1, 0.15) is 67.7 Å². The van der Waals surface area contributed by atoms with Gasteiger partial charge in [-0.2, -0.15) is 6.42 Å². The van der Waals surface area contributed by atoms with E-state index in [0.717, 1.165) is 6.42 Å². The topological polar surface area (TPSA) is 69.2 Å². The van der Waals surface area contributed by atoms with Gasteiger partial charge in [-0.3, -0.25) is 0 Å². The van der Waals surface area contributed by atoms with Gasteiger partial charge >= 0.3 is 21.7 Å². The molecule has 0 aliphatic carbocycles. The molecule has 0 fully saturated rings.